The Morgan fingerprint density at radius 2 is 2.60 bits per heavy atom. The molecular weight excluding hydrogens is 154 g/mol. The fraction of sp³-hybridized carbons (Fsp3) is 0. The molecule has 0 atom stereocenters. The number of hydrogen-bond donors (Lipinski definition) is 2. The molecule has 0 unspecified atom stereocenters. The quantitative estimate of drug-likeness (QED) is 0.478. The molecule has 0 saturated carbocycles. The summed E-state index contributed by atoms with van der Waals surface area (Å²) in [6.45, 7) is 0. The van der Waals surface area contributed by atoms with Crippen LogP contribution in [-0.4, -0.2) is 11.3 Å². The predicted octanol–water partition coefficient (Wildman–Crippen LogP) is 1.23. The summed E-state index contributed by atoms with van der Waals surface area (Å²) in [7, 11) is 0. The van der Waals surface area contributed by atoms with Crippen LogP contribution in [0.25, 0.3) is 0 Å². The summed E-state index contributed by atoms with van der Waals surface area (Å²) in [4.78, 5) is 10.3. The Morgan fingerprint density at radius 1 is 1.80 bits per heavy atom. The molecule has 0 radical (unpaired) electrons. The van der Waals surface area contributed by atoms with Crippen molar-refractivity contribution in [2.24, 2.45) is 0 Å². The monoisotopic (exact) mass is 159 g/mol. The molecule has 0 spiro atoms. The van der Waals surface area contributed by atoms with Crippen LogP contribution < -0.4 is 10.2 Å². The zero-order valence-corrected chi connectivity index (χ0v) is 5.72. The first kappa shape index (κ1) is 7.04. The van der Waals surface area contributed by atoms with Gasteiger partial charge < -0.3 is 4.74 Å². The van der Waals surface area contributed by atoms with E-state index in [2.05, 4.69) is 4.74 Å². The molecule has 1 aromatic rings. The van der Waals surface area contributed by atoms with Crippen molar-refractivity contribution in [2.75, 3.05) is 0 Å². The van der Waals surface area contributed by atoms with Crippen LogP contribution in [0.2, 0.25) is 0 Å². The van der Waals surface area contributed by atoms with Gasteiger partial charge in [0.2, 0.25) is 0 Å². The van der Waals surface area contributed by atoms with Gasteiger partial charge in [0.05, 0.1) is 0 Å². The lowest BCUT2D eigenvalue weighted by Gasteiger charge is -1.95. The van der Waals surface area contributed by atoms with Gasteiger partial charge in [0, 0.05) is 0 Å². The molecule has 2 N–H and O–H groups in total. The molecule has 54 valence electrons. The lowest BCUT2D eigenvalue weighted by atomic mass is 10.7. The number of hydrogen-bond acceptors (Lipinski definition) is 4. The molecule has 0 bridgehead atoms. The molecular formula is C5H5NO3S. The first-order valence-electron chi connectivity index (χ1n) is 2.48. The van der Waals surface area contributed by atoms with Crippen molar-refractivity contribution in [3.8, 4) is 5.06 Å². The maximum absolute atomic E-state index is 10.3. The second-order valence-electron chi connectivity index (χ2n) is 1.43. The molecule has 0 aliphatic carbocycles. The minimum Gasteiger partial charge on any atom is -0.398 e. The minimum absolute atomic E-state index is 0.451. The van der Waals surface area contributed by atoms with Crippen LogP contribution in [0.5, 0.6) is 5.06 Å². The van der Waals surface area contributed by atoms with Gasteiger partial charge in [-0.25, -0.2) is 10.3 Å². The average Bonchev–Trinajstić information content (AvgIpc) is 2.40. The Kier molecular flexibility index (Phi) is 2.24. The van der Waals surface area contributed by atoms with Gasteiger partial charge >= 0.3 is 6.09 Å². The van der Waals surface area contributed by atoms with Gasteiger partial charge in [0.1, 0.15) is 0 Å². The number of carbonyl (C=O) groups is 1. The molecule has 1 rings (SSSR count). The van der Waals surface area contributed by atoms with Gasteiger partial charge in [-0.05, 0) is 17.5 Å². The van der Waals surface area contributed by atoms with E-state index in [0.717, 1.165) is 0 Å². The SMILES string of the molecule is O=C(NO)Oc1cccs1. The maximum atomic E-state index is 10.3. The first-order chi connectivity index (χ1) is 4.83. The summed E-state index contributed by atoms with van der Waals surface area (Å²) in [5.41, 5.74) is 1.35. The smallest absolute Gasteiger partial charge is 0.398 e. The van der Waals surface area contributed by atoms with E-state index in [9.17, 15) is 4.79 Å². The molecule has 0 fully saturated rings. The van der Waals surface area contributed by atoms with Gasteiger partial charge in [0.25, 0.3) is 0 Å². The zero-order valence-electron chi connectivity index (χ0n) is 4.90. The summed E-state index contributed by atoms with van der Waals surface area (Å²) in [5.74, 6) is 0. The predicted molar refractivity (Wildman–Crippen MR) is 35.3 cm³/mol. The number of amides is 1. The lowest BCUT2D eigenvalue weighted by Crippen LogP contribution is -2.22. The molecule has 0 aromatic carbocycles. The fourth-order valence-corrected chi connectivity index (χ4v) is 1.01. The second-order valence-corrected chi connectivity index (χ2v) is 2.34. The number of hydroxylamine groups is 1. The molecule has 4 nitrogen and oxygen atoms in total. The maximum Gasteiger partial charge on any atom is 0.437 e. The van der Waals surface area contributed by atoms with E-state index >= 15 is 0 Å². The van der Waals surface area contributed by atoms with Crippen LogP contribution in [0.15, 0.2) is 17.5 Å². The second kappa shape index (κ2) is 3.19. The Labute approximate surface area is 61.0 Å². The number of rotatable bonds is 1. The third-order valence-electron chi connectivity index (χ3n) is 0.780. The van der Waals surface area contributed by atoms with E-state index in [-0.39, 0.29) is 0 Å². The molecule has 0 saturated heterocycles. The van der Waals surface area contributed by atoms with E-state index in [1.54, 1.807) is 17.5 Å². The third kappa shape index (κ3) is 1.71. The van der Waals surface area contributed by atoms with E-state index in [1.807, 2.05) is 0 Å². The highest BCUT2D eigenvalue weighted by Crippen LogP contribution is 2.17. The highest BCUT2D eigenvalue weighted by molar-refractivity contribution is 7.11. The topological polar surface area (TPSA) is 58.6 Å². The highest BCUT2D eigenvalue weighted by Gasteiger charge is 2.00. The average molecular weight is 159 g/mol. The Morgan fingerprint density at radius 3 is 3.10 bits per heavy atom. The third-order valence-corrected chi connectivity index (χ3v) is 1.52. The highest BCUT2D eigenvalue weighted by atomic mass is 32.1. The Balaban J connectivity index is 2.48. The summed E-state index contributed by atoms with van der Waals surface area (Å²) in [6.07, 6.45) is -0.873. The van der Waals surface area contributed by atoms with Crippen LogP contribution in [0.3, 0.4) is 0 Å². The lowest BCUT2D eigenvalue weighted by molar-refractivity contribution is 0.128. The largest absolute Gasteiger partial charge is 0.437 e. The van der Waals surface area contributed by atoms with Crippen molar-refractivity contribution < 1.29 is 14.7 Å². The summed E-state index contributed by atoms with van der Waals surface area (Å²) < 4.78 is 4.52. The first-order valence-corrected chi connectivity index (χ1v) is 3.36. The molecule has 5 heteroatoms. The van der Waals surface area contributed by atoms with Crippen LogP contribution in [-0.2, 0) is 0 Å². The van der Waals surface area contributed by atoms with Gasteiger partial charge in [-0.2, -0.15) is 0 Å². The number of carbonyl (C=O) groups excluding carboxylic acids is 1. The van der Waals surface area contributed by atoms with Crippen LogP contribution in [0.1, 0.15) is 0 Å². The summed E-state index contributed by atoms with van der Waals surface area (Å²) in [6, 6.07) is 3.37. The van der Waals surface area contributed by atoms with Crippen molar-refractivity contribution in [1.29, 1.82) is 0 Å². The Hall–Kier alpha value is -1.07. The van der Waals surface area contributed by atoms with Crippen molar-refractivity contribution in [3.05, 3.63) is 17.5 Å². The number of nitrogens with one attached hydrogen (secondary N) is 1. The molecule has 1 aromatic heterocycles. The summed E-state index contributed by atoms with van der Waals surface area (Å²) >= 11 is 1.27. The van der Waals surface area contributed by atoms with E-state index < -0.39 is 6.09 Å². The van der Waals surface area contributed by atoms with Gasteiger partial charge in [-0.1, -0.05) is 0 Å². The van der Waals surface area contributed by atoms with E-state index in [0.29, 0.717) is 5.06 Å². The standard InChI is InChI=1S/C5H5NO3S/c7-5(6-8)9-4-2-1-3-10-4/h1-3,8H,(H,6,7). The van der Waals surface area contributed by atoms with Crippen molar-refractivity contribution in [2.45, 2.75) is 0 Å². The number of ether oxygens (including phenoxy) is 1. The van der Waals surface area contributed by atoms with Crippen LogP contribution in [0, 0.1) is 0 Å². The van der Waals surface area contributed by atoms with E-state index in [1.165, 1.54) is 16.8 Å². The molecule has 1 heterocycles. The number of thiophene rings is 1. The van der Waals surface area contributed by atoms with E-state index in [4.69, 9.17) is 5.21 Å². The van der Waals surface area contributed by atoms with Gasteiger partial charge in [-0.15, -0.1) is 11.3 Å². The Bertz CT molecular complexity index is 209. The molecule has 1 amide bonds. The van der Waals surface area contributed by atoms with Crippen LogP contribution in [0.4, 0.5) is 4.79 Å². The van der Waals surface area contributed by atoms with Gasteiger partial charge in [0.15, 0.2) is 5.06 Å². The van der Waals surface area contributed by atoms with Crippen molar-refractivity contribution in [3.63, 3.8) is 0 Å². The molecule has 0 aliphatic heterocycles. The van der Waals surface area contributed by atoms with Crippen molar-refractivity contribution in [1.82, 2.24) is 5.48 Å². The normalized spacial score (nSPS) is 8.90. The molecule has 10 heavy (non-hydrogen) atoms. The zero-order chi connectivity index (χ0) is 7.40. The van der Waals surface area contributed by atoms with Crippen LogP contribution >= 0.6 is 11.3 Å². The van der Waals surface area contributed by atoms with Crippen molar-refractivity contribution >= 4 is 17.4 Å². The minimum atomic E-state index is -0.873. The van der Waals surface area contributed by atoms with Gasteiger partial charge in [-0.3, -0.25) is 5.21 Å². The fourth-order valence-electron chi connectivity index (χ4n) is 0.436. The summed E-state index contributed by atoms with van der Waals surface area (Å²) in [5, 5.41) is 10.2. The molecule has 0 aliphatic rings.